The van der Waals surface area contributed by atoms with Gasteiger partial charge in [0, 0.05) is 30.7 Å². The summed E-state index contributed by atoms with van der Waals surface area (Å²) in [6, 6.07) is 10.7. The number of amides is 2. The Hall–Kier alpha value is -2.60. The molecule has 7 heteroatoms. The summed E-state index contributed by atoms with van der Waals surface area (Å²) in [4.78, 5) is 30.5. The van der Waals surface area contributed by atoms with E-state index in [1.165, 1.54) is 7.11 Å². The SMILES string of the molecule is COc1ncccc1C(=O)N[C@@H]1CC(=O)N(CCc2cccc(Cl)c2)C1. The number of aromatic nitrogens is 1. The zero-order valence-electron chi connectivity index (χ0n) is 14.4. The summed E-state index contributed by atoms with van der Waals surface area (Å²) in [5.41, 5.74) is 1.44. The van der Waals surface area contributed by atoms with Gasteiger partial charge in [0.1, 0.15) is 5.56 Å². The molecule has 3 rings (SSSR count). The van der Waals surface area contributed by atoms with Crippen LogP contribution in [0, 0.1) is 0 Å². The number of pyridine rings is 1. The first-order valence-corrected chi connectivity index (χ1v) is 8.76. The first-order chi connectivity index (χ1) is 12.6. The zero-order chi connectivity index (χ0) is 18.5. The smallest absolute Gasteiger partial charge is 0.257 e. The summed E-state index contributed by atoms with van der Waals surface area (Å²) in [6.45, 7) is 1.09. The molecule has 0 aliphatic carbocycles. The quantitative estimate of drug-likeness (QED) is 0.843. The summed E-state index contributed by atoms with van der Waals surface area (Å²) in [6.07, 6.45) is 2.58. The zero-order valence-corrected chi connectivity index (χ0v) is 15.2. The molecule has 1 aliphatic rings. The second kappa shape index (κ2) is 8.19. The van der Waals surface area contributed by atoms with E-state index in [2.05, 4.69) is 10.3 Å². The van der Waals surface area contributed by atoms with Crippen LogP contribution in [0.1, 0.15) is 22.3 Å². The lowest BCUT2D eigenvalue weighted by Gasteiger charge is -2.17. The van der Waals surface area contributed by atoms with Crippen molar-refractivity contribution in [3.8, 4) is 5.88 Å². The van der Waals surface area contributed by atoms with Crippen molar-refractivity contribution < 1.29 is 14.3 Å². The van der Waals surface area contributed by atoms with Crippen LogP contribution in [-0.2, 0) is 11.2 Å². The fraction of sp³-hybridized carbons (Fsp3) is 0.316. The van der Waals surface area contributed by atoms with Gasteiger partial charge in [-0.15, -0.1) is 0 Å². The van der Waals surface area contributed by atoms with E-state index in [1.54, 1.807) is 23.2 Å². The lowest BCUT2D eigenvalue weighted by atomic mass is 10.1. The lowest BCUT2D eigenvalue weighted by molar-refractivity contribution is -0.127. The van der Waals surface area contributed by atoms with E-state index in [9.17, 15) is 9.59 Å². The highest BCUT2D eigenvalue weighted by Crippen LogP contribution is 2.17. The fourth-order valence-electron chi connectivity index (χ4n) is 3.03. The number of carbonyl (C=O) groups is 2. The maximum atomic E-state index is 12.4. The van der Waals surface area contributed by atoms with Crippen molar-refractivity contribution in [3.63, 3.8) is 0 Å². The van der Waals surface area contributed by atoms with Gasteiger partial charge in [0.15, 0.2) is 0 Å². The van der Waals surface area contributed by atoms with Gasteiger partial charge in [-0.25, -0.2) is 4.98 Å². The topological polar surface area (TPSA) is 71.5 Å². The maximum absolute atomic E-state index is 12.4. The van der Waals surface area contributed by atoms with Gasteiger partial charge < -0.3 is 15.0 Å². The number of ether oxygens (including phenoxy) is 1. The van der Waals surface area contributed by atoms with Gasteiger partial charge in [-0.05, 0) is 36.2 Å². The van der Waals surface area contributed by atoms with Crippen molar-refractivity contribution in [2.75, 3.05) is 20.2 Å². The third-order valence-corrected chi connectivity index (χ3v) is 4.55. The number of likely N-dealkylation sites (tertiary alicyclic amines) is 1. The van der Waals surface area contributed by atoms with Crippen molar-refractivity contribution in [1.82, 2.24) is 15.2 Å². The number of carbonyl (C=O) groups excluding carboxylic acids is 2. The Kier molecular flexibility index (Phi) is 5.73. The number of hydrogen-bond acceptors (Lipinski definition) is 4. The average Bonchev–Trinajstić information content (AvgIpc) is 2.99. The van der Waals surface area contributed by atoms with Gasteiger partial charge in [-0.3, -0.25) is 9.59 Å². The van der Waals surface area contributed by atoms with Crippen molar-refractivity contribution in [2.24, 2.45) is 0 Å². The third kappa shape index (κ3) is 4.32. The molecular weight excluding hydrogens is 354 g/mol. The summed E-state index contributed by atoms with van der Waals surface area (Å²) in [5, 5.41) is 3.58. The standard InChI is InChI=1S/C19H20ClN3O3/c1-26-19-16(6-3-8-21-19)18(25)22-15-11-17(24)23(12-15)9-7-13-4-2-5-14(20)10-13/h2-6,8,10,15H,7,9,11-12H2,1H3,(H,22,25)/t15-/m1/s1. The number of halogens is 1. The van der Waals surface area contributed by atoms with Crippen LogP contribution in [0.3, 0.4) is 0 Å². The van der Waals surface area contributed by atoms with Crippen LogP contribution in [0.2, 0.25) is 5.02 Å². The molecule has 1 aromatic carbocycles. The first-order valence-electron chi connectivity index (χ1n) is 8.39. The number of rotatable bonds is 6. The molecule has 0 unspecified atom stereocenters. The normalized spacial score (nSPS) is 16.6. The van der Waals surface area contributed by atoms with Crippen molar-refractivity contribution >= 4 is 23.4 Å². The van der Waals surface area contributed by atoms with Gasteiger partial charge in [-0.1, -0.05) is 23.7 Å². The maximum Gasteiger partial charge on any atom is 0.257 e. The van der Waals surface area contributed by atoms with Crippen molar-refractivity contribution in [3.05, 3.63) is 58.7 Å². The summed E-state index contributed by atoms with van der Waals surface area (Å²) >= 11 is 5.99. The molecule has 1 aromatic heterocycles. The van der Waals surface area contributed by atoms with E-state index in [1.807, 2.05) is 24.3 Å². The molecular formula is C19H20ClN3O3. The summed E-state index contributed by atoms with van der Waals surface area (Å²) in [7, 11) is 1.47. The Morgan fingerprint density at radius 2 is 2.23 bits per heavy atom. The van der Waals surface area contributed by atoms with E-state index in [4.69, 9.17) is 16.3 Å². The van der Waals surface area contributed by atoms with Gasteiger partial charge in [0.2, 0.25) is 11.8 Å². The van der Waals surface area contributed by atoms with Gasteiger partial charge in [0.05, 0.1) is 13.2 Å². The van der Waals surface area contributed by atoms with Crippen LogP contribution in [0.5, 0.6) is 5.88 Å². The average molecular weight is 374 g/mol. The van der Waals surface area contributed by atoms with E-state index >= 15 is 0 Å². The van der Waals surface area contributed by atoms with Crippen molar-refractivity contribution in [2.45, 2.75) is 18.9 Å². The lowest BCUT2D eigenvalue weighted by Crippen LogP contribution is -2.37. The van der Waals surface area contributed by atoms with Gasteiger partial charge in [-0.2, -0.15) is 0 Å². The van der Waals surface area contributed by atoms with Crippen molar-refractivity contribution in [1.29, 1.82) is 0 Å². The second-order valence-electron chi connectivity index (χ2n) is 6.15. The Bertz CT molecular complexity index is 812. The monoisotopic (exact) mass is 373 g/mol. The van der Waals surface area contributed by atoms with Gasteiger partial charge >= 0.3 is 0 Å². The minimum absolute atomic E-state index is 0.0375. The molecule has 2 amide bonds. The largest absolute Gasteiger partial charge is 0.480 e. The minimum atomic E-state index is -0.288. The molecule has 0 spiro atoms. The highest BCUT2D eigenvalue weighted by Gasteiger charge is 2.31. The Labute approximate surface area is 157 Å². The Morgan fingerprint density at radius 3 is 3.00 bits per heavy atom. The molecule has 2 heterocycles. The second-order valence-corrected chi connectivity index (χ2v) is 6.59. The first kappa shape index (κ1) is 18.2. The molecule has 1 fully saturated rings. The molecule has 136 valence electrons. The molecule has 6 nitrogen and oxygen atoms in total. The number of methoxy groups -OCH3 is 1. The molecule has 26 heavy (non-hydrogen) atoms. The molecule has 0 saturated carbocycles. The molecule has 2 aromatic rings. The number of benzene rings is 1. The molecule has 1 N–H and O–H groups in total. The molecule has 1 atom stereocenters. The minimum Gasteiger partial charge on any atom is -0.480 e. The predicted molar refractivity (Wildman–Crippen MR) is 98.4 cm³/mol. The molecule has 0 bridgehead atoms. The molecule has 1 aliphatic heterocycles. The van der Waals surface area contributed by atoms with E-state index in [-0.39, 0.29) is 23.7 Å². The number of hydrogen-bond donors (Lipinski definition) is 1. The van der Waals surface area contributed by atoms with Crippen LogP contribution >= 0.6 is 11.6 Å². The van der Waals surface area contributed by atoms with Crippen LogP contribution in [-0.4, -0.2) is 47.9 Å². The number of nitrogens with zero attached hydrogens (tertiary/aromatic N) is 2. The van der Waals surface area contributed by atoms with E-state index in [0.29, 0.717) is 30.1 Å². The van der Waals surface area contributed by atoms with Crippen LogP contribution in [0.4, 0.5) is 0 Å². The van der Waals surface area contributed by atoms with Crippen LogP contribution in [0.15, 0.2) is 42.6 Å². The molecule has 1 saturated heterocycles. The fourth-order valence-corrected chi connectivity index (χ4v) is 3.24. The highest BCUT2D eigenvalue weighted by molar-refractivity contribution is 6.30. The number of nitrogens with one attached hydrogen (secondary N) is 1. The van der Waals surface area contributed by atoms with E-state index < -0.39 is 0 Å². The Balaban J connectivity index is 1.56. The predicted octanol–water partition coefficient (Wildman–Crippen LogP) is 2.32. The van der Waals surface area contributed by atoms with Gasteiger partial charge in [0.25, 0.3) is 5.91 Å². The summed E-state index contributed by atoms with van der Waals surface area (Å²) < 4.78 is 5.11. The molecule has 0 radical (unpaired) electrons. The van der Waals surface area contributed by atoms with Crippen LogP contribution in [0.25, 0.3) is 0 Å². The Morgan fingerprint density at radius 1 is 1.38 bits per heavy atom. The third-order valence-electron chi connectivity index (χ3n) is 4.32. The van der Waals surface area contributed by atoms with Crippen LogP contribution < -0.4 is 10.1 Å². The van der Waals surface area contributed by atoms with E-state index in [0.717, 1.165) is 12.0 Å². The summed E-state index contributed by atoms with van der Waals surface area (Å²) in [5.74, 6) is 0.0204. The highest BCUT2D eigenvalue weighted by atomic mass is 35.5.